The Morgan fingerprint density at radius 3 is 2.57 bits per heavy atom. The van der Waals surface area contributed by atoms with Crippen LogP contribution in [0.3, 0.4) is 0 Å². The largest absolute Gasteiger partial charge is 0.479 e. The van der Waals surface area contributed by atoms with E-state index >= 15 is 0 Å². The standard InChI is InChI=1S/C15H21N5O3/c1-10(2)12-17-14(18-23-12)19-6-4-15(5-7-19,13(21)22)20-9-11(3)8-16-20/h8-10H,4-7H2,1-3H3,(H,21,22). The van der Waals surface area contributed by atoms with Crippen LogP contribution in [0.1, 0.15) is 44.1 Å². The Morgan fingerprint density at radius 2 is 2.09 bits per heavy atom. The molecule has 3 heterocycles. The minimum Gasteiger partial charge on any atom is -0.479 e. The molecule has 8 heteroatoms. The van der Waals surface area contributed by atoms with E-state index in [1.807, 2.05) is 25.7 Å². The predicted octanol–water partition coefficient (Wildman–Crippen LogP) is 1.78. The highest BCUT2D eigenvalue weighted by Gasteiger charge is 2.44. The molecule has 0 aromatic carbocycles. The molecular weight excluding hydrogens is 298 g/mol. The highest BCUT2D eigenvalue weighted by Crippen LogP contribution is 2.32. The first-order valence-corrected chi connectivity index (χ1v) is 7.76. The van der Waals surface area contributed by atoms with Crippen molar-refractivity contribution in [3.8, 4) is 0 Å². The third-order valence-corrected chi connectivity index (χ3v) is 4.35. The summed E-state index contributed by atoms with van der Waals surface area (Å²) in [5.74, 6) is 0.449. The number of piperidine rings is 1. The predicted molar refractivity (Wildman–Crippen MR) is 82.4 cm³/mol. The minimum absolute atomic E-state index is 0.172. The van der Waals surface area contributed by atoms with Crippen molar-refractivity contribution in [3.05, 3.63) is 23.8 Å². The molecule has 8 nitrogen and oxygen atoms in total. The Labute approximate surface area is 134 Å². The number of aliphatic carboxylic acids is 1. The Kier molecular flexibility index (Phi) is 3.83. The van der Waals surface area contributed by atoms with Crippen molar-refractivity contribution in [1.82, 2.24) is 19.9 Å². The molecule has 3 rings (SSSR count). The second kappa shape index (κ2) is 5.68. The van der Waals surface area contributed by atoms with Gasteiger partial charge < -0.3 is 14.5 Å². The molecule has 1 fully saturated rings. The van der Waals surface area contributed by atoms with Gasteiger partial charge in [-0.05, 0) is 17.6 Å². The van der Waals surface area contributed by atoms with Gasteiger partial charge in [0.2, 0.25) is 5.89 Å². The van der Waals surface area contributed by atoms with Gasteiger partial charge in [-0.3, -0.25) is 4.68 Å². The van der Waals surface area contributed by atoms with Gasteiger partial charge in [-0.2, -0.15) is 10.1 Å². The fraction of sp³-hybridized carbons (Fsp3) is 0.600. The van der Waals surface area contributed by atoms with Crippen LogP contribution in [0.15, 0.2) is 16.9 Å². The summed E-state index contributed by atoms with van der Waals surface area (Å²) >= 11 is 0. The molecule has 2 aromatic heterocycles. The summed E-state index contributed by atoms with van der Waals surface area (Å²) < 4.78 is 6.81. The van der Waals surface area contributed by atoms with Gasteiger partial charge in [-0.25, -0.2) is 4.79 Å². The molecule has 23 heavy (non-hydrogen) atoms. The molecule has 1 aliphatic heterocycles. The van der Waals surface area contributed by atoms with E-state index in [0.29, 0.717) is 37.8 Å². The number of nitrogens with zero attached hydrogens (tertiary/aromatic N) is 5. The van der Waals surface area contributed by atoms with E-state index in [1.165, 1.54) is 0 Å². The number of hydrogen-bond donors (Lipinski definition) is 1. The van der Waals surface area contributed by atoms with Gasteiger partial charge in [-0.15, -0.1) is 0 Å². The summed E-state index contributed by atoms with van der Waals surface area (Å²) in [6, 6.07) is 0. The number of anilines is 1. The normalized spacial score (nSPS) is 17.7. The van der Waals surface area contributed by atoms with Crippen LogP contribution in [-0.4, -0.2) is 44.1 Å². The molecule has 0 spiro atoms. The zero-order chi connectivity index (χ0) is 16.6. The third kappa shape index (κ3) is 2.69. The average molecular weight is 319 g/mol. The van der Waals surface area contributed by atoms with Crippen LogP contribution < -0.4 is 4.90 Å². The molecule has 1 saturated heterocycles. The summed E-state index contributed by atoms with van der Waals surface area (Å²) in [5.41, 5.74) is -0.0529. The van der Waals surface area contributed by atoms with Gasteiger partial charge in [0.15, 0.2) is 5.54 Å². The molecule has 0 atom stereocenters. The number of hydrogen-bond acceptors (Lipinski definition) is 6. The summed E-state index contributed by atoms with van der Waals surface area (Å²) in [7, 11) is 0. The number of carboxylic acids is 1. The lowest BCUT2D eigenvalue weighted by Gasteiger charge is -2.38. The number of carboxylic acid groups (broad SMARTS) is 1. The summed E-state index contributed by atoms with van der Waals surface area (Å²) in [6.45, 7) is 6.97. The average Bonchev–Trinajstić information content (AvgIpc) is 3.16. The van der Waals surface area contributed by atoms with E-state index in [4.69, 9.17) is 4.52 Å². The number of rotatable bonds is 4. The second-order valence-electron chi connectivity index (χ2n) is 6.37. The molecule has 0 aliphatic carbocycles. The number of aromatic nitrogens is 4. The lowest BCUT2D eigenvalue weighted by molar-refractivity contribution is -0.149. The summed E-state index contributed by atoms with van der Waals surface area (Å²) in [4.78, 5) is 18.2. The Balaban J connectivity index is 1.78. The zero-order valence-electron chi connectivity index (χ0n) is 13.6. The van der Waals surface area contributed by atoms with Crippen LogP contribution in [0.4, 0.5) is 5.95 Å². The van der Waals surface area contributed by atoms with Gasteiger partial charge in [0, 0.05) is 38.0 Å². The maximum Gasteiger partial charge on any atom is 0.331 e. The lowest BCUT2D eigenvalue weighted by Crippen LogP contribution is -2.51. The van der Waals surface area contributed by atoms with Crippen LogP contribution in [0.25, 0.3) is 0 Å². The lowest BCUT2D eigenvalue weighted by atomic mass is 9.87. The van der Waals surface area contributed by atoms with Gasteiger partial charge >= 0.3 is 5.97 Å². The van der Waals surface area contributed by atoms with Crippen LogP contribution in [-0.2, 0) is 10.3 Å². The maximum atomic E-state index is 11.9. The van der Waals surface area contributed by atoms with Gasteiger partial charge in [-0.1, -0.05) is 13.8 Å². The van der Waals surface area contributed by atoms with Gasteiger partial charge in [0.1, 0.15) is 0 Å². The monoisotopic (exact) mass is 319 g/mol. The number of aryl methyl sites for hydroxylation is 1. The van der Waals surface area contributed by atoms with E-state index < -0.39 is 11.5 Å². The first-order chi connectivity index (χ1) is 10.9. The van der Waals surface area contributed by atoms with Crippen molar-refractivity contribution in [2.45, 2.75) is 45.1 Å². The van der Waals surface area contributed by atoms with Crippen LogP contribution in [0, 0.1) is 6.92 Å². The van der Waals surface area contributed by atoms with Gasteiger partial charge in [0.05, 0.1) is 6.20 Å². The van der Waals surface area contributed by atoms with E-state index in [-0.39, 0.29) is 5.92 Å². The van der Waals surface area contributed by atoms with Crippen LogP contribution in [0.2, 0.25) is 0 Å². The SMILES string of the molecule is Cc1cnn(C2(C(=O)O)CCN(c3noc(C(C)C)n3)CC2)c1. The smallest absolute Gasteiger partial charge is 0.331 e. The Morgan fingerprint density at radius 1 is 1.39 bits per heavy atom. The topological polar surface area (TPSA) is 97.3 Å². The summed E-state index contributed by atoms with van der Waals surface area (Å²) in [5, 5.41) is 18.0. The molecule has 124 valence electrons. The fourth-order valence-electron chi connectivity index (χ4n) is 2.85. The third-order valence-electron chi connectivity index (χ3n) is 4.35. The molecular formula is C15H21N5O3. The molecule has 0 unspecified atom stereocenters. The van der Waals surface area contributed by atoms with Crippen molar-refractivity contribution >= 4 is 11.9 Å². The highest BCUT2D eigenvalue weighted by molar-refractivity contribution is 5.77. The van der Waals surface area contributed by atoms with Gasteiger partial charge in [0.25, 0.3) is 5.95 Å². The molecule has 0 amide bonds. The minimum atomic E-state index is -1.00. The highest BCUT2D eigenvalue weighted by atomic mass is 16.5. The van der Waals surface area contributed by atoms with Crippen molar-refractivity contribution < 1.29 is 14.4 Å². The molecule has 0 saturated carbocycles. The van der Waals surface area contributed by atoms with Crippen molar-refractivity contribution in [1.29, 1.82) is 0 Å². The fourth-order valence-corrected chi connectivity index (χ4v) is 2.85. The first kappa shape index (κ1) is 15.5. The Hall–Kier alpha value is -2.38. The maximum absolute atomic E-state index is 11.9. The molecule has 1 N–H and O–H groups in total. The van der Waals surface area contributed by atoms with E-state index in [9.17, 15) is 9.90 Å². The van der Waals surface area contributed by atoms with E-state index in [0.717, 1.165) is 5.56 Å². The van der Waals surface area contributed by atoms with Crippen molar-refractivity contribution in [2.75, 3.05) is 18.0 Å². The van der Waals surface area contributed by atoms with E-state index in [2.05, 4.69) is 15.2 Å². The Bertz CT molecular complexity index is 698. The molecule has 0 bridgehead atoms. The molecule has 2 aromatic rings. The molecule has 1 aliphatic rings. The second-order valence-corrected chi connectivity index (χ2v) is 6.37. The van der Waals surface area contributed by atoms with Crippen LogP contribution in [0.5, 0.6) is 0 Å². The van der Waals surface area contributed by atoms with Crippen molar-refractivity contribution in [3.63, 3.8) is 0 Å². The van der Waals surface area contributed by atoms with Crippen molar-refractivity contribution in [2.24, 2.45) is 0 Å². The zero-order valence-corrected chi connectivity index (χ0v) is 13.6. The van der Waals surface area contributed by atoms with Crippen LogP contribution >= 0.6 is 0 Å². The molecule has 0 radical (unpaired) electrons. The number of carbonyl (C=O) groups is 1. The summed E-state index contributed by atoms with van der Waals surface area (Å²) in [6.07, 6.45) is 4.35. The van der Waals surface area contributed by atoms with E-state index in [1.54, 1.807) is 17.1 Å². The quantitative estimate of drug-likeness (QED) is 0.917. The first-order valence-electron chi connectivity index (χ1n) is 7.76.